The van der Waals surface area contributed by atoms with E-state index >= 15 is 0 Å². The second kappa shape index (κ2) is 7.24. The summed E-state index contributed by atoms with van der Waals surface area (Å²) in [5.74, 6) is -0.745. The Bertz CT molecular complexity index is 1030. The van der Waals surface area contributed by atoms with E-state index in [-0.39, 0.29) is 24.2 Å². The minimum Gasteiger partial charge on any atom is -0.492 e. The summed E-state index contributed by atoms with van der Waals surface area (Å²) in [4.78, 5) is 18.7. The van der Waals surface area contributed by atoms with Crippen molar-refractivity contribution in [3.63, 3.8) is 0 Å². The molecule has 1 amide bonds. The Hall–Kier alpha value is -2.93. The Morgan fingerprint density at radius 1 is 1.25 bits per heavy atom. The van der Waals surface area contributed by atoms with E-state index in [4.69, 9.17) is 16.3 Å². The molecule has 3 aromatic rings. The summed E-state index contributed by atoms with van der Waals surface area (Å²) >= 11 is 6.29. The first-order valence-corrected chi connectivity index (χ1v) is 9.13. The summed E-state index contributed by atoms with van der Waals surface area (Å²) in [6, 6.07) is 10.4. The maximum Gasteiger partial charge on any atom is 0.255 e. The molecule has 1 aliphatic rings. The third kappa shape index (κ3) is 3.11. The van der Waals surface area contributed by atoms with Crippen molar-refractivity contribution >= 4 is 17.5 Å². The number of methoxy groups -OCH3 is 1. The first kappa shape index (κ1) is 18.4. The maximum absolute atomic E-state index is 14.0. The number of rotatable bonds is 5. The molecule has 144 valence electrons. The Kier molecular flexibility index (Phi) is 4.77. The van der Waals surface area contributed by atoms with Crippen molar-refractivity contribution in [3.05, 3.63) is 76.1 Å². The molecule has 6 nitrogen and oxygen atoms in total. The van der Waals surface area contributed by atoms with Gasteiger partial charge >= 0.3 is 0 Å². The van der Waals surface area contributed by atoms with Crippen LogP contribution in [0.1, 0.15) is 33.4 Å². The number of nitrogens with zero attached hydrogens (tertiary/aromatic N) is 4. The third-order valence-corrected chi connectivity index (χ3v) is 5.32. The number of ether oxygens (including phenoxy) is 1. The molecule has 0 radical (unpaired) electrons. The monoisotopic (exact) mass is 400 g/mol. The molecular formula is C20H18ClFN4O2. The fourth-order valence-corrected chi connectivity index (χ4v) is 3.81. The SMILES string of the molecule is COc1ccc(CN2C(=O)c3ccccc3C2Cc2c(Cl)cnn2C)nc1F. The number of amides is 1. The number of benzene rings is 1. The molecule has 3 heterocycles. The van der Waals surface area contributed by atoms with Crippen molar-refractivity contribution in [2.45, 2.75) is 19.0 Å². The standard InChI is InChI=1S/C20H18ClFN4O2/c1-25-17(15(21)10-23-25)9-16-13-5-3-4-6-14(13)20(27)26(16)11-12-7-8-18(28-2)19(22)24-12/h3-8,10,16H,9,11H2,1-2H3. The van der Waals surface area contributed by atoms with Crippen LogP contribution in [0.25, 0.3) is 0 Å². The van der Waals surface area contributed by atoms with Gasteiger partial charge in [0.15, 0.2) is 5.75 Å². The molecule has 0 N–H and O–H groups in total. The van der Waals surface area contributed by atoms with E-state index in [9.17, 15) is 9.18 Å². The number of carbonyl (C=O) groups excluding carboxylic acids is 1. The minimum absolute atomic E-state index is 0.0676. The summed E-state index contributed by atoms with van der Waals surface area (Å²) in [6.07, 6.45) is 2.08. The van der Waals surface area contributed by atoms with Gasteiger partial charge in [0.25, 0.3) is 11.9 Å². The van der Waals surface area contributed by atoms with E-state index in [1.54, 1.807) is 27.9 Å². The highest BCUT2D eigenvalue weighted by Gasteiger charge is 2.37. The molecule has 1 atom stereocenters. The van der Waals surface area contributed by atoms with Gasteiger partial charge in [-0.3, -0.25) is 9.48 Å². The van der Waals surface area contributed by atoms with Crippen LogP contribution >= 0.6 is 11.6 Å². The van der Waals surface area contributed by atoms with E-state index in [1.807, 2.05) is 25.2 Å². The normalized spacial score (nSPS) is 15.8. The minimum atomic E-state index is -0.699. The highest BCUT2D eigenvalue weighted by molar-refractivity contribution is 6.31. The second-order valence-electron chi connectivity index (χ2n) is 6.60. The van der Waals surface area contributed by atoms with E-state index in [1.165, 1.54) is 13.2 Å². The van der Waals surface area contributed by atoms with E-state index < -0.39 is 5.95 Å². The first-order valence-electron chi connectivity index (χ1n) is 8.75. The number of hydrogen-bond acceptors (Lipinski definition) is 4. The molecule has 28 heavy (non-hydrogen) atoms. The number of carbonyl (C=O) groups is 1. The predicted molar refractivity (Wildman–Crippen MR) is 102 cm³/mol. The summed E-state index contributed by atoms with van der Waals surface area (Å²) in [5, 5.41) is 4.73. The van der Waals surface area contributed by atoms with E-state index in [2.05, 4.69) is 10.1 Å². The van der Waals surface area contributed by atoms with Crippen molar-refractivity contribution in [1.82, 2.24) is 19.7 Å². The molecule has 4 rings (SSSR count). The molecule has 8 heteroatoms. The van der Waals surface area contributed by atoms with E-state index in [0.717, 1.165) is 11.3 Å². The molecule has 1 unspecified atom stereocenters. The third-order valence-electron chi connectivity index (χ3n) is 5.01. The molecule has 0 saturated heterocycles. The van der Waals surface area contributed by atoms with Crippen LogP contribution in [0.4, 0.5) is 4.39 Å². The highest BCUT2D eigenvalue weighted by atomic mass is 35.5. The van der Waals surface area contributed by atoms with Gasteiger partial charge in [0.1, 0.15) is 0 Å². The summed E-state index contributed by atoms with van der Waals surface area (Å²) in [6.45, 7) is 0.175. The summed E-state index contributed by atoms with van der Waals surface area (Å²) < 4.78 is 20.6. The highest BCUT2D eigenvalue weighted by Crippen LogP contribution is 2.38. The summed E-state index contributed by atoms with van der Waals surface area (Å²) in [5.41, 5.74) is 2.83. The molecule has 1 aromatic carbocycles. The quantitative estimate of drug-likeness (QED) is 0.614. The Labute approximate surface area is 166 Å². The molecule has 0 fully saturated rings. The Morgan fingerprint density at radius 3 is 2.71 bits per heavy atom. The van der Waals surface area contributed by atoms with Crippen LogP contribution in [0, 0.1) is 5.95 Å². The maximum atomic E-state index is 14.0. The number of pyridine rings is 1. The lowest BCUT2D eigenvalue weighted by Gasteiger charge is -2.25. The van der Waals surface area contributed by atoms with Crippen LogP contribution in [0.15, 0.2) is 42.6 Å². The Balaban J connectivity index is 1.70. The topological polar surface area (TPSA) is 60.2 Å². The van der Waals surface area contributed by atoms with Crippen LogP contribution in [0.2, 0.25) is 5.02 Å². The number of aryl methyl sites for hydroxylation is 1. The van der Waals surface area contributed by atoms with Crippen LogP contribution in [-0.4, -0.2) is 32.7 Å². The van der Waals surface area contributed by atoms with E-state index in [0.29, 0.717) is 22.7 Å². The predicted octanol–water partition coefficient (Wildman–Crippen LogP) is 3.56. The molecular weight excluding hydrogens is 383 g/mol. The van der Waals surface area contributed by atoms with Crippen LogP contribution in [0.3, 0.4) is 0 Å². The van der Waals surface area contributed by atoms with Gasteiger partial charge in [-0.1, -0.05) is 29.8 Å². The molecule has 2 aromatic heterocycles. The molecule has 0 spiro atoms. The average molecular weight is 401 g/mol. The largest absolute Gasteiger partial charge is 0.492 e. The molecule has 0 bridgehead atoms. The zero-order chi connectivity index (χ0) is 19.8. The number of hydrogen-bond donors (Lipinski definition) is 0. The molecule has 1 aliphatic heterocycles. The van der Waals surface area contributed by atoms with Crippen LogP contribution in [-0.2, 0) is 20.0 Å². The smallest absolute Gasteiger partial charge is 0.255 e. The van der Waals surface area contributed by atoms with Crippen molar-refractivity contribution in [2.24, 2.45) is 7.05 Å². The fourth-order valence-electron chi connectivity index (χ4n) is 3.57. The van der Waals surface area contributed by atoms with Gasteiger partial charge < -0.3 is 9.64 Å². The first-order chi connectivity index (χ1) is 13.5. The van der Waals surface area contributed by atoms with Gasteiger partial charge in [0.05, 0.1) is 42.3 Å². The van der Waals surface area contributed by atoms with Crippen molar-refractivity contribution in [3.8, 4) is 5.75 Å². The molecule has 0 aliphatic carbocycles. The van der Waals surface area contributed by atoms with Crippen LogP contribution < -0.4 is 4.74 Å². The van der Waals surface area contributed by atoms with Crippen LogP contribution in [0.5, 0.6) is 5.75 Å². The fraction of sp³-hybridized carbons (Fsp3) is 0.250. The lowest BCUT2D eigenvalue weighted by atomic mass is 10.0. The lowest BCUT2D eigenvalue weighted by molar-refractivity contribution is 0.0704. The second-order valence-corrected chi connectivity index (χ2v) is 7.01. The average Bonchev–Trinajstić information content (AvgIpc) is 3.14. The van der Waals surface area contributed by atoms with Crippen molar-refractivity contribution in [1.29, 1.82) is 0 Å². The van der Waals surface area contributed by atoms with Gasteiger partial charge in [-0.05, 0) is 23.8 Å². The lowest BCUT2D eigenvalue weighted by Crippen LogP contribution is -2.29. The summed E-state index contributed by atoms with van der Waals surface area (Å²) in [7, 11) is 3.20. The van der Waals surface area contributed by atoms with Gasteiger partial charge in [0.2, 0.25) is 0 Å². The van der Waals surface area contributed by atoms with Gasteiger partial charge in [-0.2, -0.15) is 9.49 Å². The zero-order valence-electron chi connectivity index (χ0n) is 15.4. The van der Waals surface area contributed by atoms with Crippen molar-refractivity contribution in [2.75, 3.05) is 7.11 Å². The van der Waals surface area contributed by atoms with Gasteiger partial charge in [-0.15, -0.1) is 0 Å². The number of fused-ring (bicyclic) bond motifs is 1. The zero-order valence-corrected chi connectivity index (χ0v) is 16.2. The number of aromatic nitrogens is 3. The molecule has 0 saturated carbocycles. The van der Waals surface area contributed by atoms with Gasteiger partial charge in [0, 0.05) is 19.0 Å². The van der Waals surface area contributed by atoms with Crippen molar-refractivity contribution < 1.29 is 13.9 Å². The number of halogens is 2. The Morgan fingerprint density at radius 2 is 2.04 bits per heavy atom. The van der Waals surface area contributed by atoms with Gasteiger partial charge in [-0.25, -0.2) is 4.98 Å².